The Labute approximate surface area is 201 Å². The van der Waals surface area contributed by atoms with Gasteiger partial charge in [0.15, 0.2) is 5.82 Å². The van der Waals surface area contributed by atoms with Crippen LogP contribution in [0, 0.1) is 17.8 Å². The Hall–Kier alpha value is -2.28. The van der Waals surface area contributed by atoms with Gasteiger partial charge < -0.3 is 4.57 Å². The largest absolute Gasteiger partial charge is 0.318 e. The molecule has 7 heteroatoms. The van der Waals surface area contributed by atoms with Gasteiger partial charge in [-0.05, 0) is 80.0 Å². The molecule has 2 aliphatic carbocycles. The fourth-order valence-electron chi connectivity index (χ4n) is 8.36. The SMILES string of the molecule is C[C@H]1CC[C@@H]2C[C@H](n3c(-c4nn[nH]n4)nc4ccccc43)C[C@H]1N2C1C[C@H]2CCCC[C@@H](C1)C2. The first kappa shape index (κ1) is 21.0. The first-order chi connectivity index (χ1) is 16.7. The van der Waals surface area contributed by atoms with Gasteiger partial charge in [0, 0.05) is 24.2 Å². The quantitative estimate of drug-likeness (QED) is 0.569. The number of tetrazole rings is 1. The third kappa shape index (κ3) is 3.50. The fourth-order valence-corrected chi connectivity index (χ4v) is 8.36. The molecule has 4 aliphatic rings. The molecule has 2 aromatic heterocycles. The van der Waals surface area contributed by atoms with Crippen LogP contribution in [0.2, 0.25) is 0 Å². The minimum atomic E-state index is 0.431. The smallest absolute Gasteiger partial charge is 0.240 e. The van der Waals surface area contributed by atoms with E-state index in [2.05, 4.69) is 61.3 Å². The van der Waals surface area contributed by atoms with Crippen molar-refractivity contribution in [3.05, 3.63) is 24.3 Å². The van der Waals surface area contributed by atoms with Crippen molar-refractivity contribution in [1.82, 2.24) is 35.1 Å². The number of aromatic amines is 1. The number of hydrogen-bond donors (Lipinski definition) is 1. The second-order valence-electron chi connectivity index (χ2n) is 11.8. The van der Waals surface area contributed by atoms with Crippen molar-refractivity contribution >= 4 is 11.0 Å². The van der Waals surface area contributed by atoms with Gasteiger partial charge in [0.1, 0.15) is 0 Å². The van der Waals surface area contributed by atoms with Gasteiger partial charge in [-0.15, -0.1) is 10.2 Å². The number of nitrogens with zero attached hydrogens (tertiary/aromatic N) is 6. The lowest BCUT2D eigenvalue weighted by Crippen LogP contribution is -2.60. The second-order valence-corrected chi connectivity index (χ2v) is 11.8. The molecule has 2 aliphatic heterocycles. The average molecular weight is 460 g/mol. The van der Waals surface area contributed by atoms with E-state index in [0.29, 0.717) is 23.9 Å². The van der Waals surface area contributed by atoms with Crippen molar-refractivity contribution in [3.8, 4) is 11.6 Å². The van der Waals surface area contributed by atoms with Gasteiger partial charge in [-0.25, -0.2) is 4.98 Å². The van der Waals surface area contributed by atoms with E-state index < -0.39 is 0 Å². The monoisotopic (exact) mass is 459 g/mol. The summed E-state index contributed by atoms with van der Waals surface area (Å²) in [4.78, 5) is 8.02. The van der Waals surface area contributed by atoms with Crippen LogP contribution in [-0.2, 0) is 0 Å². The lowest BCUT2D eigenvalue weighted by atomic mass is 9.71. The number of para-hydroxylation sites is 2. The highest BCUT2D eigenvalue weighted by Crippen LogP contribution is 2.49. The molecule has 0 amide bonds. The number of fused-ring (bicyclic) bond motifs is 5. The fraction of sp³-hybridized carbons (Fsp3) is 0.704. The molecular formula is C27H37N7. The molecule has 7 nitrogen and oxygen atoms in total. The molecule has 1 N–H and O–H groups in total. The third-order valence-corrected chi connectivity index (χ3v) is 9.75. The minimum Gasteiger partial charge on any atom is -0.318 e. The minimum absolute atomic E-state index is 0.431. The van der Waals surface area contributed by atoms with Crippen molar-refractivity contribution in [3.63, 3.8) is 0 Å². The van der Waals surface area contributed by atoms with E-state index in [9.17, 15) is 0 Å². The van der Waals surface area contributed by atoms with Gasteiger partial charge in [-0.2, -0.15) is 5.21 Å². The van der Waals surface area contributed by atoms with E-state index >= 15 is 0 Å². The first-order valence-corrected chi connectivity index (χ1v) is 13.7. The summed E-state index contributed by atoms with van der Waals surface area (Å²) in [7, 11) is 0. The van der Waals surface area contributed by atoms with Crippen molar-refractivity contribution in [2.75, 3.05) is 0 Å². The van der Waals surface area contributed by atoms with Crippen molar-refractivity contribution in [2.24, 2.45) is 17.8 Å². The molecule has 180 valence electrons. The first-order valence-electron chi connectivity index (χ1n) is 13.7. The van der Waals surface area contributed by atoms with Gasteiger partial charge >= 0.3 is 0 Å². The number of hydrogen-bond acceptors (Lipinski definition) is 5. The van der Waals surface area contributed by atoms with Crippen LogP contribution in [0.5, 0.6) is 0 Å². The van der Waals surface area contributed by atoms with Crippen LogP contribution in [0.3, 0.4) is 0 Å². The summed E-state index contributed by atoms with van der Waals surface area (Å²) in [6.07, 6.45) is 15.4. The number of benzene rings is 1. The Morgan fingerprint density at radius 2 is 1.68 bits per heavy atom. The molecule has 2 saturated carbocycles. The molecule has 4 bridgehead atoms. The molecule has 4 fully saturated rings. The highest BCUT2D eigenvalue weighted by atomic mass is 15.5. The normalized spacial score (nSPS) is 36.4. The second kappa shape index (κ2) is 8.43. The third-order valence-electron chi connectivity index (χ3n) is 9.75. The Balaban J connectivity index is 1.24. The Kier molecular flexibility index (Phi) is 5.22. The molecule has 2 saturated heterocycles. The molecule has 4 heterocycles. The topological polar surface area (TPSA) is 75.5 Å². The van der Waals surface area contributed by atoms with E-state index in [4.69, 9.17) is 4.98 Å². The van der Waals surface area contributed by atoms with Gasteiger partial charge in [0.2, 0.25) is 5.82 Å². The summed E-state index contributed by atoms with van der Waals surface area (Å²) in [6.45, 7) is 2.51. The van der Waals surface area contributed by atoms with Crippen LogP contribution in [0.4, 0.5) is 0 Å². The van der Waals surface area contributed by atoms with Crippen LogP contribution >= 0.6 is 0 Å². The van der Waals surface area contributed by atoms with E-state index in [-0.39, 0.29) is 0 Å². The zero-order valence-electron chi connectivity index (χ0n) is 20.3. The molecule has 1 aromatic carbocycles. The van der Waals surface area contributed by atoms with Crippen molar-refractivity contribution in [1.29, 1.82) is 0 Å². The molecule has 7 rings (SSSR count). The van der Waals surface area contributed by atoms with Crippen LogP contribution in [0.15, 0.2) is 24.3 Å². The number of rotatable bonds is 3. The van der Waals surface area contributed by atoms with Gasteiger partial charge in [-0.1, -0.05) is 44.7 Å². The lowest BCUT2D eigenvalue weighted by Gasteiger charge is -2.56. The predicted octanol–water partition coefficient (Wildman–Crippen LogP) is 5.38. The summed E-state index contributed by atoms with van der Waals surface area (Å²) < 4.78 is 2.45. The van der Waals surface area contributed by atoms with E-state index in [1.807, 2.05) is 0 Å². The van der Waals surface area contributed by atoms with Gasteiger partial charge in [0.25, 0.3) is 0 Å². The van der Waals surface area contributed by atoms with E-state index in [1.54, 1.807) is 0 Å². The molecule has 7 atom stereocenters. The molecule has 34 heavy (non-hydrogen) atoms. The maximum atomic E-state index is 4.97. The zero-order chi connectivity index (χ0) is 22.6. The molecule has 1 unspecified atom stereocenters. The lowest BCUT2D eigenvalue weighted by molar-refractivity contribution is -0.0637. The summed E-state index contributed by atoms with van der Waals surface area (Å²) >= 11 is 0. The zero-order valence-corrected chi connectivity index (χ0v) is 20.3. The van der Waals surface area contributed by atoms with Gasteiger partial charge in [-0.3, -0.25) is 4.90 Å². The average Bonchev–Trinajstić information content (AvgIpc) is 3.48. The van der Waals surface area contributed by atoms with Crippen molar-refractivity contribution < 1.29 is 0 Å². The summed E-state index contributed by atoms with van der Waals surface area (Å²) in [5, 5.41) is 15.1. The number of nitrogens with one attached hydrogen (secondary N) is 1. The van der Waals surface area contributed by atoms with Gasteiger partial charge in [0.05, 0.1) is 11.0 Å². The Bertz CT molecular complexity index is 1120. The molecule has 3 aromatic rings. The summed E-state index contributed by atoms with van der Waals surface area (Å²) in [5.41, 5.74) is 2.23. The number of piperidine rings is 2. The number of H-pyrrole nitrogens is 1. The maximum Gasteiger partial charge on any atom is 0.240 e. The van der Waals surface area contributed by atoms with Crippen molar-refractivity contribution in [2.45, 2.75) is 102 Å². The van der Waals surface area contributed by atoms with Crippen LogP contribution in [0.1, 0.15) is 83.6 Å². The number of imidazole rings is 1. The summed E-state index contributed by atoms with van der Waals surface area (Å²) in [5.74, 6) is 4.17. The highest BCUT2D eigenvalue weighted by Gasteiger charge is 2.47. The Morgan fingerprint density at radius 1 is 0.853 bits per heavy atom. The number of aromatic nitrogens is 6. The molecular weight excluding hydrogens is 422 g/mol. The maximum absolute atomic E-state index is 4.97. The van der Waals surface area contributed by atoms with E-state index in [0.717, 1.165) is 35.1 Å². The Morgan fingerprint density at radius 3 is 2.47 bits per heavy atom. The van der Waals surface area contributed by atoms with Crippen LogP contribution < -0.4 is 0 Å². The standard InChI is InChI=1S/C27H37N7/c1-17-10-11-20-15-22(16-25(17)33(20)21-13-18-6-2-3-7-19(12-18)14-21)34-24-9-5-4-8-23(24)28-27(34)26-29-31-32-30-26/h4-5,8-9,17-22,25H,2-3,6-7,10-16H2,1H3,(H,29,30,31,32)/t17-,18-,19+,20+,21?,22-,25+/m0/s1. The molecule has 0 radical (unpaired) electrons. The van der Waals surface area contributed by atoms with Crippen LogP contribution in [-0.4, -0.2) is 53.2 Å². The predicted molar refractivity (Wildman–Crippen MR) is 132 cm³/mol. The molecule has 0 spiro atoms. The summed E-state index contributed by atoms with van der Waals surface area (Å²) in [6, 6.07) is 11.1. The van der Waals surface area contributed by atoms with E-state index in [1.165, 1.54) is 76.1 Å². The van der Waals surface area contributed by atoms with Crippen LogP contribution in [0.25, 0.3) is 22.7 Å². The highest BCUT2D eigenvalue weighted by molar-refractivity contribution is 5.79.